The number of rotatable bonds is 6. The Kier molecular flexibility index (Phi) is 5.21. The van der Waals surface area contributed by atoms with Gasteiger partial charge in [-0.1, -0.05) is 25.6 Å². The fraction of sp³-hybridized carbons (Fsp3) is 0.588. The molecule has 6 heteroatoms. The van der Waals surface area contributed by atoms with E-state index in [1.807, 2.05) is 6.92 Å². The van der Waals surface area contributed by atoms with Crippen LogP contribution in [0.3, 0.4) is 0 Å². The molecule has 0 aliphatic heterocycles. The average molecular weight is 350 g/mol. The summed E-state index contributed by atoms with van der Waals surface area (Å²) < 4.78 is 0. The molecule has 124 valence electrons. The quantitative estimate of drug-likeness (QED) is 0.637. The van der Waals surface area contributed by atoms with Crippen LogP contribution in [0, 0.1) is 12.8 Å². The normalized spacial score (nSPS) is 13.7. The van der Waals surface area contributed by atoms with Gasteiger partial charge in [-0.05, 0) is 44.1 Å². The molecular formula is C17H23N3OS2. The van der Waals surface area contributed by atoms with Gasteiger partial charge in [-0.2, -0.15) is 0 Å². The van der Waals surface area contributed by atoms with Crippen molar-refractivity contribution in [1.82, 2.24) is 15.3 Å². The standard InChI is InChI=1S/C17H23N3OS2/c1-10(2)7-8-18-14(21)9-22-16-15-12-5-4-6-13(12)23-17(15)20-11(3)19-16/h10H,4-9H2,1-3H3,(H,18,21). The van der Waals surface area contributed by atoms with Crippen molar-refractivity contribution in [2.24, 2.45) is 5.92 Å². The summed E-state index contributed by atoms with van der Waals surface area (Å²) in [6.07, 6.45) is 4.53. The third-order valence-electron chi connectivity index (χ3n) is 4.03. The van der Waals surface area contributed by atoms with Crippen LogP contribution in [0.5, 0.6) is 0 Å². The van der Waals surface area contributed by atoms with Crippen LogP contribution in [0.4, 0.5) is 0 Å². The van der Waals surface area contributed by atoms with E-state index in [-0.39, 0.29) is 5.91 Å². The predicted octanol–water partition coefficient (Wildman–Crippen LogP) is 3.74. The Morgan fingerprint density at radius 3 is 2.96 bits per heavy atom. The number of nitrogens with one attached hydrogen (secondary N) is 1. The lowest BCUT2D eigenvalue weighted by Crippen LogP contribution is -2.26. The summed E-state index contributed by atoms with van der Waals surface area (Å²) in [4.78, 5) is 23.8. The van der Waals surface area contributed by atoms with Crippen molar-refractivity contribution in [1.29, 1.82) is 0 Å². The molecule has 1 aliphatic rings. The van der Waals surface area contributed by atoms with E-state index in [0.29, 0.717) is 11.7 Å². The maximum atomic E-state index is 12.0. The predicted molar refractivity (Wildman–Crippen MR) is 97.4 cm³/mol. The number of thiophene rings is 1. The van der Waals surface area contributed by atoms with Crippen molar-refractivity contribution in [3.05, 3.63) is 16.3 Å². The third kappa shape index (κ3) is 3.86. The van der Waals surface area contributed by atoms with Crippen molar-refractivity contribution in [3.63, 3.8) is 0 Å². The number of carbonyl (C=O) groups is 1. The van der Waals surface area contributed by atoms with Gasteiger partial charge in [0, 0.05) is 16.8 Å². The van der Waals surface area contributed by atoms with Gasteiger partial charge in [-0.3, -0.25) is 4.79 Å². The van der Waals surface area contributed by atoms with Crippen LogP contribution in [-0.2, 0) is 17.6 Å². The summed E-state index contributed by atoms with van der Waals surface area (Å²) in [5.41, 5.74) is 1.42. The van der Waals surface area contributed by atoms with Crippen molar-refractivity contribution < 1.29 is 4.79 Å². The highest BCUT2D eigenvalue weighted by Crippen LogP contribution is 2.40. The second-order valence-corrected chi connectivity index (χ2v) is 8.48. The lowest BCUT2D eigenvalue weighted by Gasteiger charge is -2.08. The van der Waals surface area contributed by atoms with Crippen LogP contribution in [0.25, 0.3) is 10.2 Å². The number of amides is 1. The van der Waals surface area contributed by atoms with Gasteiger partial charge in [0.2, 0.25) is 5.91 Å². The van der Waals surface area contributed by atoms with Crippen LogP contribution in [0.1, 0.15) is 43.0 Å². The first kappa shape index (κ1) is 16.7. The van der Waals surface area contributed by atoms with E-state index in [1.165, 1.54) is 22.2 Å². The van der Waals surface area contributed by atoms with Gasteiger partial charge in [0.25, 0.3) is 0 Å². The second-order valence-electron chi connectivity index (χ2n) is 6.43. The van der Waals surface area contributed by atoms with Crippen molar-refractivity contribution in [3.8, 4) is 0 Å². The molecule has 0 radical (unpaired) electrons. The number of fused-ring (bicyclic) bond motifs is 3. The van der Waals surface area contributed by atoms with E-state index in [0.717, 1.165) is 41.5 Å². The Bertz CT molecular complexity index is 724. The zero-order chi connectivity index (χ0) is 16.4. The number of thioether (sulfide) groups is 1. The van der Waals surface area contributed by atoms with Crippen LogP contribution < -0.4 is 5.32 Å². The summed E-state index contributed by atoms with van der Waals surface area (Å²) in [5, 5.41) is 5.17. The molecule has 2 aromatic heterocycles. The fourth-order valence-corrected chi connectivity index (χ4v) is 5.16. The fourth-order valence-electron chi connectivity index (χ4n) is 2.85. The monoisotopic (exact) mass is 349 g/mol. The highest BCUT2D eigenvalue weighted by Gasteiger charge is 2.22. The molecule has 0 unspecified atom stereocenters. The van der Waals surface area contributed by atoms with Gasteiger partial charge in [0.15, 0.2) is 0 Å². The van der Waals surface area contributed by atoms with Crippen molar-refractivity contribution >= 4 is 39.2 Å². The summed E-state index contributed by atoms with van der Waals surface area (Å²) in [6, 6.07) is 0. The molecule has 0 atom stereocenters. The van der Waals surface area contributed by atoms with Crippen LogP contribution in [0.15, 0.2) is 5.03 Å². The Labute approximate surface area is 145 Å². The van der Waals surface area contributed by atoms with Gasteiger partial charge in [0.1, 0.15) is 15.7 Å². The van der Waals surface area contributed by atoms with Gasteiger partial charge in [-0.15, -0.1) is 11.3 Å². The Hall–Kier alpha value is -1.14. The first-order valence-corrected chi connectivity index (χ1v) is 10.0. The topological polar surface area (TPSA) is 54.9 Å². The smallest absolute Gasteiger partial charge is 0.230 e. The first-order valence-electron chi connectivity index (χ1n) is 8.23. The van der Waals surface area contributed by atoms with Crippen LogP contribution >= 0.6 is 23.1 Å². The Balaban J connectivity index is 1.71. The molecule has 0 fully saturated rings. The molecule has 0 bridgehead atoms. The molecule has 0 spiro atoms. The summed E-state index contributed by atoms with van der Waals surface area (Å²) in [5.74, 6) is 1.92. The third-order valence-corrected chi connectivity index (χ3v) is 6.19. The molecule has 0 saturated carbocycles. The maximum absolute atomic E-state index is 12.0. The molecule has 2 aromatic rings. The number of aromatic nitrogens is 2. The molecule has 1 amide bonds. The van der Waals surface area contributed by atoms with E-state index in [1.54, 1.807) is 23.1 Å². The molecule has 1 N–H and O–H groups in total. The number of carbonyl (C=O) groups excluding carboxylic acids is 1. The van der Waals surface area contributed by atoms with E-state index >= 15 is 0 Å². The average Bonchev–Trinajstić information content (AvgIpc) is 3.04. The Morgan fingerprint density at radius 2 is 2.17 bits per heavy atom. The largest absolute Gasteiger partial charge is 0.355 e. The number of hydrogen-bond donors (Lipinski definition) is 1. The van der Waals surface area contributed by atoms with Crippen LogP contribution in [-0.4, -0.2) is 28.2 Å². The lowest BCUT2D eigenvalue weighted by molar-refractivity contribution is -0.118. The summed E-state index contributed by atoms with van der Waals surface area (Å²) in [6.45, 7) is 7.01. The van der Waals surface area contributed by atoms with Gasteiger partial charge < -0.3 is 5.32 Å². The molecule has 4 nitrogen and oxygen atoms in total. The maximum Gasteiger partial charge on any atom is 0.230 e. The van der Waals surface area contributed by atoms with Crippen LogP contribution in [0.2, 0.25) is 0 Å². The molecule has 0 saturated heterocycles. The van der Waals surface area contributed by atoms with Gasteiger partial charge in [-0.25, -0.2) is 9.97 Å². The van der Waals surface area contributed by atoms with Crippen molar-refractivity contribution in [2.45, 2.75) is 51.5 Å². The van der Waals surface area contributed by atoms with Gasteiger partial charge in [0.05, 0.1) is 5.75 Å². The number of aryl methyl sites for hydroxylation is 3. The zero-order valence-electron chi connectivity index (χ0n) is 13.9. The molecular weight excluding hydrogens is 326 g/mol. The lowest BCUT2D eigenvalue weighted by atomic mass is 10.1. The second kappa shape index (κ2) is 7.18. The molecule has 3 rings (SSSR count). The van der Waals surface area contributed by atoms with E-state index in [9.17, 15) is 4.79 Å². The minimum Gasteiger partial charge on any atom is -0.355 e. The van der Waals surface area contributed by atoms with E-state index in [4.69, 9.17) is 0 Å². The Morgan fingerprint density at radius 1 is 1.35 bits per heavy atom. The minimum absolute atomic E-state index is 0.0898. The summed E-state index contributed by atoms with van der Waals surface area (Å²) >= 11 is 3.35. The highest BCUT2D eigenvalue weighted by atomic mass is 32.2. The zero-order valence-corrected chi connectivity index (χ0v) is 15.6. The molecule has 2 heterocycles. The SMILES string of the molecule is Cc1nc(SCC(=O)NCCC(C)C)c2c3c(sc2n1)CCC3. The van der Waals surface area contributed by atoms with E-state index < -0.39 is 0 Å². The minimum atomic E-state index is 0.0898. The summed E-state index contributed by atoms with van der Waals surface area (Å²) in [7, 11) is 0. The van der Waals surface area contributed by atoms with Crippen molar-refractivity contribution in [2.75, 3.05) is 12.3 Å². The molecule has 23 heavy (non-hydrogen) atoms. The molecule has 1 aliphatic carbocycles. The highest BCUT2D eigenvalue weighted by molar-refractivity contribution is 8.00. The number of nitrogens with zero attached hydrogens (tertiary/aromatic N) is 2. The van der Waals surface area contributed by atoms with E-state index in [2.05, 4.69) is 29.1 Å². The van der Waals surface area contributed by atoms with Gasteiger partial charge >= 0.3 is 0 Å². The molecule has 0 aromatic carbocycles. The first-order chi connectivity index (χ1) is 11.0. The number of hydrogen-bond acceptors (Lipinski definition) is 5.